The van der Waals surface area contributed by atoms with Gasteiger partial charge in [-0.15, -0.1) is 0 Å². The Labute approximate surface area is 230 Å². The van der Waals surface area contributed by atoms with E-state index in [9.17, 15) is 9.59 Å². The van der Waals surface area contributed by atoms with Crippen molar-refractivity contribution in [2.45, 2.75) is 98.3 Å². The Morgan fingerprint density at radius 3 is 1.87 bits per heavy atom. The summed E-state index contributed by atoms with van der Waals surface area (Å²) in [5, 5.41) is 9.00. The van der Waals surface area contributed by atoms with Crippen molar-refractivity contribution < 1.29 is 19.4 Å². The number of esters is 1. The van der Waals surface area contributed by atoms with Crippen molar-refractivity contribution in [2.24, 2.45) is 11.8 Å². The maximum atomic E-state index is 11.7. The van der Waals surface area contributed by atoms with Crippen LogP contribution in [0.2, 0.25) is 0 Å². The zero-order valence-electron chi connectivity index (χ0n) is 24.0. The van der Waals surface area contributed by atoms with Gasteiger partial charge in [0.25, 0.3) is 0 Å². The van der Waals surface area contributed by atoms with Crippen LogP contribution in [0.5, 0.6) is 0 Å². The second-order valence-corrected chi connectivity index (χ2v) is 10.9. The number of carbonyl (C=O) groups excluding carboxylic acids is 1. The Morgan fingerprint density at radius 1 is 0.737 bits per heavy atom. The van der Waals surface area contributed by atoms with Crippen LogP contribution in [0.1, 0.15) is 118 Å². The third kappa shape index (κ3) is 14.1. The number of ether oxygens (including phenoxy) is 1. The predicted molar refractivity (Wildman–Crippen MR) is 159 cm³/mol. The van der Waals surface area contributed by atoms with Crippen LogP contribution in [0, 0.1) is 11.8 Å². The topological polar surface area (TPSA) is 116 Å². The number of unbranched alkanes of at least 4 members (excludes halogenated alkanes) is 6. The highest BCUT2D eigenvalue weighted by Crippen LogP contribution is 2.20. The maximum absolute atomic E-state index is 11.7. The van der Waals surface area contributed by atoms with Gasteiger partial charge in [-0.3, -0.25) is 0 Å². The third-order valence-electron chi connectivity index (χ3n) is 6.49. The highest BCUT2D eigenvalue weighted by atomic mass is 16.5. The lowest BCUT2D eigenvalue weighted by Crippen LogP contribution is -2.09. The molecule has 0 bridgehead atoms. The molecule has 0 saturated carbocycles. The van der Waals surface area contributed by atoms with Gasteiger partial charge in [-0.2, -0.15) is 0 Å². The molecule has 0 heterocycles. The molecule has 0 aliphatic heterocycles. The molecule has 0 atom stereocenters. The lowest BCUT2D eigenvalue weighted by atomic mass is 10.00. The smallest absolute Gasteiger partial charge is 0.340 e. The molecule has 2 rings (SSSR count). The summed E-state index contributed by atoms with van der Waals surface area (Å²) in [6, 6.07) is 12.3. The average molecular weight is 527 g/mol. The number of benzene rings is 2. The van der Waals surface area contributed by atoms with Crippen LogP contribution in [-0.4, -0.2) is 23.7 Å². The summed E-state index contributed by atoms with van der Waals surface area (Å²) in [4.78, 5) is 22.7. The van der Waals surface area contributed by atoms with Crippen molar-refractivity contribution in [3.63, 3.8) is 0 Å². The average Bonchev–Trinajstić information content (AvgIpc) is 2.86. The van der Waals surface area contributed by atoms with E-state index in [0.29, 0.717) is 23.5 Å². The number of carboxylic acids is 1. The van der Waals surface area contributed by atoms with Crippen molar-refractivity contribution >= 4 is 23.3 Å². The minimum absolute atomic E-state index is 0.220. The van der Waals surface area contributed by atoms with Crippen molar-refractivity contribution in [3.05, 3.63) is 59.2 Å². The number of nitrogens with two attached hydrogens (primary N) is 2. The first-order valence-corrected chi connectivity index (χ1v) is 14.3. The molecule has 38 heavy (non-hydrogen) atoms. The quantitative estimate of drug-likeness (QED) is 0.115. The van der Waals surface area contributed by atoms with Gasteiger partial charge in [-0.25, -0.2) is 9.59 Å². The Kier molecular flexibility index (Phi) is 16.6. The van der Waals surface area contributed by atoms with Gasteiger partial charge >= 0.3 is 11.9 Å². The van der Waals surface area contributed by atoms with E-state index in [1.165, 1.54) is 44.9 Å². The van der Waals surface area contributed by atoms with Gasteiger partial charge < -0.3 is 21.3 Å². The van der Waals surface area contributed by atoms with Crippen LogP contribution in [0.25, 0.3) is 0 Å². The van der Waals surface area contributed by atoms with Crippen molar-refractivity contribution in [3.8, 4) is 0 Å². The van der Waals surface area contributed by atoms with E-state index in [4.69, 9.17) is 21.3 Å². The van der Waals surface area contributed by atoms with Crippen molar-refractivity contribution in [1.82, 2.24) is 0 Å². The van der Waals surface area contributed by atoms with Gasteiger partial charge in [0.1, 0.15) is 0 Å². The summed E-state index contributed by atoms with van der Waals surface area (Å²) < 4.78 is 5.22. The molecule has 0 aliphatic rings. The summed E-state index contributed by atoms with van der Waals surface area (Å²) in [6.07, 6.45) is 12.7. The van der Waals surface area contributed by atoms with E-state index in [1.807, 2.05) is 6.07 Å². The number of hydrogen-bond acceptors (Lipinski definition) is 5. The normalized spacial score (nSPS) is 10.8. The van der Waals surface area contributed by atoms with Gasteiger partial charge in [0.2, 0.25) is 0 Å². The monoisotopic (exact) mass is 526 g/mol. The Morgan fingerprint density at radius 2 is 1.29 bits per heavy atom. The largest absolute Gasteiger partial charge is 0.478 e. The highest BCUT2D eigenvalue weighted by Gasteiger charge is 2.11. The predicted octanol–water partition coefficient (Wildman–Crippen LogP) is 8.15. The first kappa shape index (κ1) is 33.0. The van der Waals surface area contributed by atoms with E-state index in [0.717, 1.165) is 43.1 Å². The highest BCUT2D eigenvalue weighted by molar-refractivity contribution is 5.95. The molecule has 0 amide bonds. The van der Waals surface area contributed by atoms with E-state index >= 15 is 0 Å². The minimum Gasteiger partial charge on any atom is -0.478 e. The SMILES string of the molecule is CC(C)CCCCCCOC(=O)c1ccccc1N.CC(C)CCCCCCc1cccc(C(=O)O)c1N. The van der Waals surface area contributed by atoms with Crippen molar-refractivity contribution in [2.75, 3.05) is 18.1 Å². The number of hydrogen-bond donors (Lipinski definition) is 3. The number of carbonyl (C=O) groups is 2. The molecule has 6 nitrogen and oxygen atoms in total. The summed E-state index contributed by atoms with van der Waals surface area (Å²) in [5.74, 6) is 0.290. The van der Waals surface area contributed by atoms with Crippen LogP contribution < -0.4 is 11.5 Å². The lowest BCUT2D eigenvalue weighted by molar-refractivity contribution is 0.0498. The second-order valence-electron chi connectivity index (χ2n) is 10.9. The van der Waals surface area contributed by atoms with E-state index in [-0.39, 0.29) is 11.5 Å². The van der Waals surface area contributed by atoms with Gasteiger partial charge in [0, 0.05) is 11.4 Å². The van der Waals surface area contributed by atoms with Crippen LogP contribution in [0.4, 0.5) is 11.4 Å². The molecule has 0 saturated heterocycles. The fraction of sp³-hybridized carbons (Fsp3) is 0.562. The molecule has 0 spiro atoms. The molecule has 2 aromatic carbocycles. The first-order valence-electron chi connectivity index (χ1n) is 14.3. The van der Waals surface area contributed by atoms with Gasteiger partial charge in [0.15, 0.2) is 0 Å². The Bertz CT molecular complexity index is 956. The fourth-order valence-electron chi connectivity index (χ4n) is 4.17. The van der Waals surface area contributed by atoms with Crippen LogP contribution in [0.3, 0.4) is 0 Å². The summed E-state index contributed by atoms with van der Waals surface area (Å²) in [6.45, 7) is 9.46. The molecule has 0 fully saturated rings. The van der Waals surface area contributed by atoms with E-state index < -0.39 is 5.97 Å². The molecule has 0 aromatic heterocycles. The zero-order chi connectivity index (χ0) is 28.3. The minimum atomic E-state index is -0.948. The lowest BCUT2D eigenvalue weighted by Gasteiger charge is -2.08. The molecule has 0 aliphatic carbocycles. The first-order chi connectivity index (χ1) is 18.1. The van der Waals surface area contributed by atoms with Gasteiger partial charge in [0.05, 0.1) is 17.7 Å². The fourth-order valence-corrected chi connectivity index (χ4v) is 4.17. The molecule has 0 radical (unpaired) electrons. The number of aromatic carboxylic acids is 1. The second kappa shape index (κ2) is 19.1. The van der Waals surface area contributed by atoms with Crippen LogP contribution >= 0.6 is 0 Å². The van der Waals surface area contributed by atoms with Crippen LogP contribution in [-0.2, 0) is 11.2 Å². The zero-order valence-corrected chi connectivity index (χ0v) is 24.0. The molecule has 5 N–H and O–H groups in total. The summed E-state index contributed by atoms with van der Waals surface area (Å²) in [7, 11) is 0. The molecule has 2 aromatic rings. The number of rotatable bonds is 16. The molecule has 212 valence electrons. The van der Waals surface area contributed by atoms with E-state index in [2.05, 4.69) is 27.7 Å². The number of carboxylic acid groups (broad SMARTS) is 1. The molecule has 6 heteroatoms. The summed E-state index contributed by atoms with van der Waals surface area (Å²) in [5.41, 5.74) is 14.1. The summed E-state index contributed by atoms with van der Waals surface area (Å²) >= 11 is 0. The Hall–Kier alpha value is -3.02. The number of aryl methyl sites for hydroxylation is 1. The standard InChI is InChI=1S/2C16H25NO2/c1-13(2)9-5-3-4-8-12-19-16(18)14-10-6-7-11-15(14)17;1-12(2)8-5-3-4-6-9-13-10-7-11-14(15(13)17)16(18)19/h6-7,10-11,13H,3-5,8-9,12,17H2,1-2H3;7,10-12H,3-6,8-9,17H2,1-2H3,(H,18,19). The molecular formula is C32H50N2O4. The van der Waals surface area contributed by atoms with Crippen LogP contribution in [0.15, 0.2) is 42.5 Å². The van der Waals surface area contributed by atoms with Gasteiger partial charge in [-0.05, 0) is 54.9 Å². The molecular weight excluding hydrogens is 476 g/mol. The number of nitrogen functional groups attached to an aromatic ring is 2. The van der Waals surface area contributed by atoms with Crippen molar-refractivity contribution in [1.29, 1.82) is 0 Å². The number of anilines is 2. The third-order valence-corrected chi connectivity index (χ3v) is 6.49. The van der Waals surface area contributed by atoms with Gasteiger partial charge in [-0.1, -0.05) is 103 Å². The van der Waals surface area contributed by atoms with E-state index in [1.54, 1.807) is 36.4 Å². The Balaban J connectivity index is 0.000000380. The number of para-hydroxylation sites is 2. The maximum Gasteiger partial charge on any atom is 0.340 e. The molecule has 0 unspecified atom stereocenters.